The maximum atomic E-state index is 13.8. The maximum Gasteiger partial charge on any atom is 0.326 e. The first-order valence-corrected chi connectivity index (χ1v) is 13.8. The highest BCUT2D eigenvalue weighted by Gasteiger charge is 2.40. The molecule has 0 saturated carbocycles. The zero-order valence-corrected chi connectivity index (χ0v) is 24.2. The monoisotopic (exact) mass is 591 g/mol. The minimum Gasteiger partial charge on any atom is -0.508 e. The van der Waals surface area contributed by atoms with Gasteiger partial charge in [0.15, 0.2) is 0 Å². The minimum absolute atomic E-state index is 0.000334. The van der Waals surface area contributed by atoms with E-state index in [2.05, 4.69) is 16.0 Å². The fraction of sp³-hybridized carbons (Fsp3) is 0.571. The Morgan fingerprint density at radius 1 is 0.905 bits per heavy atom. The number of nitrogens with two attached hydrogens (primary N) is 1. The first kappa shape index (κ1) is 34.0. The SMILES string of the molecule is CC(C)[C@H](N)C(=O)N[C@H](C(=O)N[C@@H](Cc1ccc(O)cc1)C(=O)N1CCC[C@H]1C(=O)N[C@@H](CC(=O)O)C(=O)O)C(C)C. The molecule has 42 heavy (non-hydrogen) atoms. The first-order valence-electron chi connectivity index (χ1n) is 13.8. The highest BCUT2D eigenvalue weighted by molar-refractivity contribution is 5.96. The van der Waals surface area contributed by atoms with Gasteiger partial charge in [-0.15, -0.1) is 0 Å². The molecule has 1 aromatic carbocycles. The Hall–Kier alpha value is -4.20. The Balaban J connectivity index is 2.32. The second-order valence-electron chi connectivity index (χ2n) is 11.1. The summed E-state index contributed by atoms with van der Waals surface area (Å²) in [5.41, 5.74) is 6.54. The zero-order chi connectivity index (χ0) is 31.7. The number of amides is 4. The molecule has 232 valence electrons. The van der Waals surface area contributed by atoms with E-state index in [-0.39, 0.29) is 37.0 Å². The highest BCUT2D eigenvalue weighted by Crippen LogP contribution is 2.21. The van der Waals surface area contributed by atoms with E-state index in [1.165, 1.54) is 17.0 Å². The van der Waals surface area contributed by atoms with Crippen LogP contribution in [0.25, 0.3) is 0 Å². The quantitative estimate of drug-likeness (QED) is 0.148. The maximum absolute atomic E-state index is 13.8. The predicted molar refractivity (Wildman–Crippen MR) is 150 cm³/mol. The minimum atomic E-state index is -1.69. The number of carboxylic acid groups (broad SMARTS) is 2. The molecule has 0 spiro atoms. The van der Waals surface area contributed by atoms with Crippen molar-refractivity contribution in [2.24, 2.45) is 17.6 Å². The van der Waals surface area contributed by atoms with E-state index < -0.39 is 72.2 Å². The summed E-state index contributed by atoms with van der Waals surface area (Å²) >= 11 is 0. The lowest BCUT2D eigenvalue weighted by molar-refractivity contribution is -0.148. The van der Waals surface area contributed by atoms with E-state index in [0.29, 0.717) is 12.0 Å². The van der Waals surface area contributed by atoms with Crippen molar-refractivity contribution in [2.75, 3.05) is 6.54 Å². The number of rotatable bonds is 14. The van der Waals surface area contributed by atoms with Gasteiger partial charge in [0.05, 0.1) is 12.5 Å². The van der Waals surface area contributed by atoms with Crippen LogP contribution in [-0.4, -0.2) is 92.5 Å². The number of carboxylic acids is 2. The lowest BCUT2D eigenvalue weighted by atomic mass is 9.99. The normalized spacial score (nSPS) is 17.7. The van der Waals surface area contributed by atoms with Crippen molar-refractivity contribution in [1.82, 2.24) is 20.9 Å². The van der Waals surface area contributed by atoms with Crippen LogP contribution in [0.1, 0.15) is 52.5 Å². The van der Waals surface area contributed by atoms with Crippen molar-refractivity contribution in [2.45, 2.75) is 83.6 Å². The van der Waals surface area contributed by atoms with Gasteiger partial charge in [-0.1, -0.05) is 39.8 Å². The summed E-state index contributed by atoms with van der Waals surface area (Å²) in [6, 6.07) is 0.139. The molecule has 0 unspecified atom stereocenters. The zero-order valence-electron chi connectivity index (χ0n) is 24.2. The van der Waals surface area contributed by atoms with Gasteiger partial charge >= 0.3 is 11.9 Å². The molecule has 0 bridgehead atoms. The standard InChI is InChI=1S/C28H41N5O9/c1-14(2)22(29)25(38)32-23(15(3)4)26(39)30-18(12-16-7-9-17(34)10-8-16)27(40)33-11-5-6-20(33)24(37)31-19(28(41)42)13-21(35)36/h7-10,14-15,18-20,22-23,34H,5-6,11-13,29H2,1-4H3,(H,30,39)(H,31,37)(H,32,38)(H,35,36)(H,41,42)/t18-,19-,20-,22-,23-/m0/s1. The molecular weight excluding hydrogens is 550 g/mol. The Labute approximate surface area is 244 Å². The van der Waals surface area contributed by atoms with Crippen LogP contribution in [-0.2, 0) is 35.2 Å². The van der Waals surface area contributed by atoms with Crippen LogP contribution in [0.4, 0.5) is 0 Å². The van der Waals surface area contributed by atoms with Gasteiger partial charge in [0.25, 0.3) is 0 Å². The molecular formula is C28H41N5O9. The highest BCUT2D eigenvalue weighted by atomic mass is 16.4. The van der Waals surface area contributed by atoms with Crippen LogP contribution in [0.2, 0.25) is 0 Å². The van der Waals surface area contributed by atoms with Gasteiger partial charge in [0.2, 0.25) is 23.6 Å². The van der Waals surface area contributed by atoms with Gasteiger partial charge in [0.1, 0.15) is 29.9 Å². The van der Waals surface area contributed by atoms with Crippen LogP contribution >= 0.6 is 0 Å². The summed E-state index contributed by atoms with van der Waals surface area (Å²) in [6.07, 6.45) is -0.243. The molecule has 1 aromatic rings. The molecule has 8 N–H and O–H groups in total. The topological polar surface area (TPSA) is 228 Å². The van der Waals surface area contributed by atoms with Crippen LogP contribution in [0.15, 0.2) is 24.3 Å². The second kappa shape index (κ2) is 15.1. The number of phenols is 1. The summed E-state index contributed by atoms with van der Waals surface area (Å²) in [5.74, 6) is -6.10. The van der Waals surface area contributed by atoms with Gasteiger partial charge in [-0.2, -0.15) is 0 Å². The third kappa shape index (κ3) is 9.43. The average molecular weight is 592 g/mol. The Morgan fingerprint density at radius 3 is 2.05 bits per heavy atom. The number of carbonyl (C=O) groups is 6. The van der Waals surface area contributed by atoms with Crippen molar-refractivity contribution < 1.29 is 44.1 Å². The number of aromatic hydroxyl groups is 1. The number of hydrogen-bond donors (Lipinski definition) is 7. The molecule has 2 rings (SSSR count). The molecule has 4 amide bonds. The van der Waals surface area contributed by atoms with Crippen LogP contribution < -0.4 is 21.7 Å². The Morgan fingerprint density at radius 2 is 1.52 bits per heavy atom. The van der Waals surface area contributed by atoms with E-state index in [1.54, 1.807) is 39.8 Å². The van der Waals surface area contributed by atoms with Crippen LogP contribution in [0.5, 0.6) is 5.75 Å². The van der Waals surface area contributed by atoms with Crippen LogP contribution in [0, 0.1) is 11.8 Å². The lowest BCUT2D eigenvalue weighted by Gasteiger charge is -2.31. The Bertz CT molecular complexity index is 1150. The molecule has 0 aliphatic carbocycles. The smallest absolute Gasteiger partial charge is 0.326 e. The van der Waals surface area contributed by atoms with E-state index >= 15 is 0 Å². The molecule has 1 aliphatic rings. The van der Waals surface area contributed by atoms with E-state index in [4.69, 9.17) is 10.8 Å². The molecule has 14 nitrogen and oxygen atoms in total. The van der Waals surface area contributed by atoms with Crippen molar-refractivity contribution in [1.29, 1.82) is 0 Å². The van der Waals surface area contributed by atoms with Gasteiger partial charge in [0, 0.05) is 13.0 Å². The molecule has 1 aliphatic heterocycles. The summed E-state index contributed by atoms with van der Waals surface area (Å²) in [7, 11) is 0. The predicted octanol–water partition coefficient (Wildman–Crippen LogP) is -0.421. The van der Waals surface area contributed by atoms with Crippen molar-refractivity contribution >= 4 is 35.6 Å². The van der Waals surface area contributed by atoms with E-state index in [9.17, 15) is 39.0 Å². The van der Waals surface area contributed by atoms with E-state index in [0.717, 1.165) is 0 Å². The van der Waals surface area contributed by atoms with Gasteiger partial charge < -0.3 is 41.9 Å². The fourth-order valence-corrected chi connectivity index (χ4v) is 4.56. The summed E-state index contributed by atoms with van der Waals surface area (Å²) in [5, 5.41) is 35.5. The molecule has 5 atom stereocenters. The molecule has 0 radical (unpaired) electrons. The molecule has 0 aromatic heterocycles. The molecule has 1 saturated heterocycles. The third-order valence-corrected chi connectivity index (χ3v) is 7.09. The first-order chi connectivity index (χ1) is 19.6. The second-order valence-corrected chi connectivity index (χ2v) is 11.1. The van der Waals surface area contributed by atoms with E-state index in [1.807, 2.05) is 0 Å². The molecule has 1 fully saturated rings. The van der Waals surface area contributed by atoms with Gasteiger partial charge in [-0.25, -0.2) is 4.79 Å². The number of aliphatic carboxylic acids is 2. The number of likely N-dealkylation sites (tertiary alicyclic amines) is 1. The molecule has 1 heterocycles. The number of hydrogen-bond acceptors (Lipinski definition) is 8. The molecule has 14 heteroatoms. The van der Waals surface area contributed by atoms with Crippen molar-refractivity contribution in [3.63, 3.8) is 0 Å². The van der Waals surface area contributed by atoms with Gasteiger partial charge in [-0.05, 0) is 42.4 Å². The average Bonchev–Trinajstić information content (AvgIpc) is 3.40. The largest absolute Gasteiger partial charge is 0.508 e. The van der Waals surface area contributed by atoms with Gasteiger partial charge in [-0.3, -0.25) is 24.0 Å². The van der Waals surface area contributed by atoms with Crippen LogP contribution in [0.3, 0.4) is 0 Å². The summed E-state index contributed by atoms with van der Waals surface area (Å²) < 4.78 is 0. The number of nitrogens with zero attached hydrogens (tertiary/aromatic N) is 1. The van der Waals surface area contributed by atoms with Crippen molar-refractivity contribution in [3.05, 3.63) is 29.8 Å². The Kier molecular flexibility index (Phi) is 12.3. The van der Waals surface area contributed by atoms with Crippen molar-refractivity contribution in [3.8, 4) is 5.75 Å². The fourth-order valence-electron chi connectivity index (χ4n) is 4.56. The number of carbonyl (C=O) groups excluding carboxylic acids is 4. The number of phenolic OH excluding ortho intramolecular Hbond substituents is 1. The lowest BCUT2D eigenvalue weighted by Crippen LogP contribution is -2.60. The summed E-state index contributed by atoms with van der Waals surface area (Å²) in [6.45, 7) is 7.12. The third-order valence-electron chi connectivity index (χ3n) is 7.09. The number of benzene rings is 1. The summed E-state index contributed by atoms with van der Waals surface area (Å²) in [4.78, 5) is 76.7. The number of nitrogens with one attached hydrogen (secondary N) is 3.